The third kappa shape index (κ3) is 2.66. The van der Waals surface area contributed by atoms with Gasteiger partial charge >= 0.3 is 0 Å². The average molecular weight is 337 g/mol. The summed E-state index contributed by atoms with van der Waals surface area (Å²) in [4.78, 5) is 2.21. The molecule has 2 aromatic heterocycles. The summed E-state index contributed by atoms with van der Waals surface area (Å²) in [6, 6.07) is 2.46. The minimum atomic E-state index is 0.128. The summed E-state index contributed by atoms with van der Waals surface area (Å²) < 4.78 is 2.30. The van der Waals surface area contributed by atoms with E-state index >= 15 is 0 Å². The fourth-order valence-corrected chi connectivity index (χ4v) is 3.97. The van der Waals surface area contributed by atoms with E-state index in [-0.39, 0.29) is 6.04 Å². The molecule has 0 radical (unpaired) electrons. The lowest BCUT2D eigenvalue weighted by Gasteiger charge is -2.26. The van der Waals surface area contributed by atoms with Crippen LogP contribution in [-0.4, -0.2) is 31.5 Å². The quantitative estimate of drug-likeness (QED) is 0.837. The van der Waals surface area contributed by atoms with Crippen molar-refractivity contribution in [2.75, 3.05) is 11.4 Å². The van der Waals surface area contributed by atoms with Crippen LogP contribution in [0.2, 0.25) is 0 Å². The lowest BCUT2D eigenvalue weighted by molar-refractivity contribution is 0.557. The summed E-state index contributed by atoms with van der Waals surface area (Å²) in [5, 5.41) is 27.3. The Morgan fingerprint density at radius 3 is 2.72 bits per heavy atom. The molecular weight excluding hydrogens is 314 g/mol. The number of aromatic nitrogens is 5. The summed E-state index contributed by atoms with van der Waals surface area (Å²) in [5.41, 5.74) is 2.36. The maximum Gasteiger partial charge on any atom is 0.170 e. The van der Waals surface area contributed by atoms with Crippen molar-refractivity contribution >= 4 is 5.82 Å². The van der Waals surface area contributed by atoms with Crippen molar-refractivity contribution in [1.82, 2.24) is 25.0 Å². The van der Waals surface area contributed by atoms with E-state index in [9.17, 15) is 5.26 Å². The number of nitrogens with zero attached hydrogens (tertiary/aromatic N) is 7. The molecule has 2 aromatic rings. The van der Waals surface area contributed by atoms with Gasteiger partial charge < -0.3 is 9.47 Å². The van der Waals surface area contributed by atoms with Crippen LogP contribution in [0, 0.1) is 25.2 Å². The largest absolute Gasteiger partial charge is 0.344 e. The molecule has 130 valence electrons. The summed E-state index contributed by atoms with van der Waals surface area (Å²) in [6.45, 7) is 5.71. The van der Waals surface area contributed by atoms with Crippen LogP contribution in [0.5, 0.6) is 0 Å². The molecule has 25 heavy (non-hydrogen) atoms. The molecule has 2 aliphatic heterocycles. The van der Waals surface area contributed by atoms with Crippen LogP contribution in [0.1, 0.15) is 66.6 Å². The van der Waals surface area contributed by atoms with Crippen LogP contribution in [0.25, 0.3) is 0 Å². The smallest absolute Gasteiger partial charge is 0.170 e. The standard InChI is InChI=1S/C18H23N7/c1-12-13(2)20-22-17(14(12)11-19)24-10-6-7-15(24)18-23-21-16-8-4-3-5-9-25(16)18/h15H,3-10H2,1-2H3/t15-/m0/s1. The van der Waals surface area contributed by atoms with Gasteiger partial charge in [0.25, 0.3) is 0 Å². The zero-order chi connectivity index (χ0) is 17.4. The molecule has 4 heterocycles. The normalized spacial score (nSPS) is 20.2. The minimum Gasteiger partial charge on any atom is -0.344 e. The average Bonchev–Trinajstić information content (AvgIpc) is 3.18. The highest BCUT2D eigenvalue weighted by Crippen LogP contribution is 2.37. The number of nitriles is 1. The van der Waals surface area contributed by atoms with Crippen LogP contribution in [0.15, 0.2) is 0 Å². The van der Waals surface area contributed by atoms with E-state index in [0.717, 1.165) is 55.3 Å². The molecule has 1 atom stereocenters. The van der Waals surface area contributed by atoms with Gasteiger partial charge in [-0.15, -0.1) is 15.3 Å². The van der Waals surface area contributed by atoms with Gasteiger partial charge in [-0.2, -0.15) is 10.4 Å². The van der Waals surface area contributed by atoms with E-state index in [0.29, 0.717) is 11.4 Å². The Hall–Kier alpha value is -2.49. The van der Waals surface area contributed by atoms with Crippen LogP contribution in [0.4, 0.5) is 5.82 Å². The maximum absolute atomic E-state index is 9.65. The minimum absolute atomic E-state index is 0.128. The monoisotopic (exact) mass is 337 g/mol. The number of anilines is 1. The molecule has 7 nitrogen and oxygen atoms in total. The highest BCUT2D eigenvalue weighted by atomic mass is 15.4. The SMILES string of the molecule is Cc1nnc(N2CCC[C@H]2c2nnc3n2CCCCC3)c(C#N)c1C. The van der Waals surface area contributed by atoms with Gasteiger partial charge in [-0.05, 0) is 45.1 Å². The molecule has 0 N–H and O–H groups in total. The fourth-order valence-electron chi connectivity index (χ4n) is 3.97. The zero-order valence-electron chi connectivity index (χ0n) is 14.9. The molecule has 0 amide bonds. The van der Waals surface area contributed by atoms with Gasteiger partial charge in [-0.25, -0.2) is 0 Å². The van der Waals surface area contributed by atoms with E-state index in [1.165, 1.54) is 19.3 Å². The second-order valence-corrected chi connectivity index (χ2v) is 7.01. The molecule has 0 saturated carbocycles. The molecule has 1 saturated heterocycles. The first-order valence-electron chi connectivity index (χ1n) is 9.13. The molecule has 0 aromatic carbocycles. The van der Waals surface area contributed by atoms with E-state index in [4.69, 9.17) is 0 Å². The summed E-state index contributed by atoms with van der Waals surface area (Å²) in [6.07, 6.45) is 6.69. The Morgan fingerprint density at radius 2 is 1.88 bits per heavy atom. The number of aryl methyl sites for hydroxylation is 2. The van der Waals surface area contributed by atoms with Gasteiger partial charge in [-0.1, -0.05) is 6.42 Å². The Balaban J connectivity index is 1.75. The maximum atomic E-state index is 9.65. The highest BCUT2D eigenvalue weighted by Gasteiger charge is 2.34. The summed E-state index contributed by atoms with van der Waals surface area (Å²) >= 11 is 0. The third-order valence-corrected chi connectivity index (χ3v) is 5.51. The van der Waals surface area contributed by atoms with Gasteiger partial charge in [-0.3, -0.25) is 0 Å². The van der Waals surface area contributed by atoms with Gasteiger partial charge in [0.05, 0.1) is 11.7 Å². The fraction of sp³-hybridized carbons (Fsp3) is 0.611. The van der Waals surface area contributed by atoms with Crippen molar-refractivity contribution in [1.29, 1.82) is 5.26 Å². The summed E-state index contributed by atoms with van der Waals surface area (Å²) in [7, 11) is 0. The van der Waals surface area contributed by atoms with E-state index in [1.54, 1.807) is 0 Å². The van der Waals surface area contributed by atoms with E-state index in [1.807, 2.05) is 13.8 Å². The van der Waals surface area contributed by atoms with Crippen LogP contribution in [0.3, 0.4) is 0 Å². The first-order valence-corrected chi connectivity index (χ1v) is 9.13. The predicted octanol–water partition coefficient (Wildman–Crippen LogP) is 2.62. The first kappa shape index (κ1) is 16.0. The van der Waals surface area contributed by atoms with Crippen molar-refractivity contribution in [3.8, 4) is 6.07 Å². The van der Waals surface area contributed by atoms with Crippen LogP contribution in [-0.2, 0) is 13.0 Å². The Labute approximate surface area is 147 Å². The van der Waals surface area contributed by atoms with Gasteiger partial charge in [0, 0.05) is 19.5 Å². The lowest BCUT2D eigenvalue weighted by Crippen LogP contribution is -2.28. The lowest BCUT2D eigenvalue weighted by atomic mass is 10.1. The topological polar surface area (TPSA) is 83.5 Å². The molecule has 4 rings (SSSR count). The van der Waals surface area contributed by atoms with Crippen molar-refractivity contribution in [3.05, 3.63) is 28.5 Å². The molecule has 7 heteroatoms. The van der Waals surface area contributed by atoms with Crippen LogP contribution < -0.4 is 4.90 Å². The Morgan fingerprint density at radius 1 is 1.00 bits per heavy atom. The Kier molecular flexibility index (Phi) is 4.12. The second-order valence-electron chi connectivity index (χ2n) is 7.01. The molecular formula is C18H23N7. The van der Waals surface area contributed by atoms with Crippen LogP contribution >= 0.6 is 0 Å². The number of hydrogen-bond donors (Lipinski definition) is 0. The summed E-state index contributed by atoms with van der Waals surface area (Å²) in [5.74, 6) is 2.82. The van der Waals surface area contributed by atoms with E-state index in [2.05, 4.69) is 35.9 Å². The van der Waals surface area contributed by atoms with Crippen molar-refractivity contribution in [2.24, 2.45) is 0 Å². The van der Waals surface area contributed by atoms with Crippen molar-refractivity contribution in [3.63, 3.8) is 0 Å². The van der Waals surface area contributed by atoms with Crippen molar-refractivity contribution < 1.29 is 0 Å². The zero-order valence-corrected chi connectivity index (χ0v) is 14.9. The van der Waals surface area contributed by atoms with E-state index < -0.39 is 0 Å². The van der Waals surface area contributed by atoms with Gasteiger partial charge in [0.2, 0.25) is 0 Å². The first-order chi connectivity index (χ1) is 12.2. The number of fused-ring (bicyclic) bond motifs is 1. The van der Waals surface area contributed by atoms with Gasteiger partial charge in [0.15, 0.2) is 11.6 Å². The Bertz CT molecular complexity index is 833. The molecule has 0 unspecified atom stereocenters. The molecule has 0 aliphatic carbocycles. The third-order valence-electron chi connectivity index (χ3n) is 5.51. The number of rotatable bonds is 2. The predicted molar refractivity (Wildman–Crippen MR) is 93.1 cm³/mol. The molecule has 1 fully saturated rings. The molecule has 2 aliphatic rings. The second kappa shape index (κ2) is 6.43. The van der Waals surface area contributed by atoms with Crippen molar-refractivity contribution in [2.45, 2.75) is 65.0 Å². The molecule has 0 spiro atoms. The number of hydrogen-bond acceptors (Lipinski definition) is 6. The van der Waals surface area contributed by atoms with Gasteiger partial charge in [0.1, 0.15) is 17.5 Å². The highest BCUT2D eigenvalue weighted by molar-refractivity contribution is 5.58. The molecule has 0 bridgehead atoms.